The number of hydrogen-bond acceptors (Lipinski definition) is 2. The minimum absolute atomic E-state index is 0.188. The lowest BCUT2D eigenvalue weighted by molar-refractivity contribution is -0.128. The van der Waals surface area contributed by atoms with Crippen molar-refractivity contribution in [2.75, 3.05) is 13.1 Å². The Morgan fingerprint density at radius 2 is 1.87 bits per heavy atom. The summed E-state index contributed by atoms with van der Waals surface area (Å²) < 4.78 is 13.1. The normalized spacial score (nSPS) is 17.7. The van der Waals surface area contributed by atoms with E-state index in [4.69, 9.17) is 0 Å². The molecular weight excluding hydrogens is 295 g/mol. The van der Waals surface area contributed by atoms with Gasteiger partial charge in [0.2, 0.25) is 5.91 Å². The molecule has 118 valence electrons. The van der Waals surface area contributed by atoms with E-state index in [-0.39, 0.29) is 17.6 Å². The van der Waals surface area contributed by atoms with E-state index in [1.807, 2.05) is 19.1 Å². The van der Waals surface area contributed by atoms with Crippen molar-refractivity contribution < 1.29 is 14.0 Å². The summed E-state index contributed by atoms with van der Waals surface area (Å²) in [5.41, 5.74) is 2.04. The van der Waals surface area contributed by atoms with Gasteiger partial charge in [0.25, 0.3) is 5.91 Å². The Morgan fingerprint density at radius 3 is 2.57 bits per heavy atom. The number of benzene rings is 2. The maximum Gasteiger partial charge on any atom is 0.255 e. The second-order valence-corrected chi connectivity index (χ2v) is 5.56. The first-order chi connectivity index (χ1) is 11.1. The van der Waals surface area contributed by atoms with Gasteiger partial charge in [0, 0.05) is 18.7 Å². The van der Waals surface area contributed by atoms with Crippen molar-refractivity contribution in [2.45, 2.75) is 13.0 Å². The SMILES string of the molecule is Cc1ccccc1C(=O)N1CCNC(=O)C1c1ccc(F)cc1. The summed E-state index contributed by atoms with van der Waals surface area (Å²) in [6, 6.07) is 12.2. The summed E-state index contributed by atoms with van der Waals surface area (Å²) in [5.74, 6) is -0.807. The standard InChI is InChI=1S/C18H17FN2O2/c1-12-4-2-3-5-15(12)18(23)21-11-10-20-17(22)16(21)13-6-8-14(19)9-7-13/h2-9,16H,10-11H2,1H3,(H,20,22). The third-order valence-corrected chi connectivity index (χ3v) is 4.03. The minimum atomic E-state index is -0.739. The Labute approximate surface area is 133 Å². The van der Waals surface area contributed by atoms with E-state index in [1.54, 1.807) is 29.2 Å². The van der Waals surface area contributed by atoms with Crippen molar-refractivity contribution in [2.24, 2.45) is 0 Å². The number of halogens is 1. The van der Waals surface area contributed by atoms with E-state index < -0.39 is 6.04 Å². The number of rotatable bonds is 2. The van der Waals surface area contributed by atoms with Crippen LogP contribution in [0.3, 0.4) is 0 Å². The van der Waals surface area contributed by atoms with Crippen LogP contribution in [0.25, 0.3) is 0 Å². The molecule has 0 aromatic heterocycles. The molecule has 1 aliphatic heterocycles. The lowest BCUT2D eigenvalue weighted by Crippen LogP contribution is -2.52. The molecule has 2 amide bonds. The molecule has 1 N–H and O–H groups in total. The topological polar surface area (TPSA) is 49.4 Å². The Morgan fingerprint density at radius 1 is 1.17 bits per heavy atom. The predicted octanol–water partition coefficient (Wildman–Crippen LogP) is 2.45. The highest BCUT2D eigenvalue weighted by molar-refractivity contribution is 5.99. The van der Waals surface area contributed by atoms with Crippen LogP contribution in [0, 0.1) is 12.7 Å². The summed E-state index contributed by atoms with van der Waals surface area (Å²) in [6.45, 7) is 2.69. The van der Waals surface area contributed by atoms with Gasteiger partial charge in [-0.05, 0) is 36.2 Å². The maximum atomic E-state index is 13.1. The minimum Gasteiger partial charge on any atom is -0.352 e. The Balaban J connectivity index is 1.98. The molecule has 5 heteroatoms. The quantitative estimate of drug-likeness (QED) is 0.926. The van der Waals surface area contributed by atoms with E-state index in [0.717, 1.165) is 5.56 Å². The zero-order valence-corrected chi connectivity index (χ0v) is 12.8. The van der Waals surface area contributed by atoms with Gasteiger partial charge in [0.1, 0.15) is 11.9 Å². The molecule has 23 heavy (non-hydrogen) atoms. The molecular formula is C18H17FN2O2. The lowest BCUT2D eigenvalue weighted by Gasteiger charge is -2.35. The monoisotopic (exact) mass is 312 g/mol. The van der Waals surface area contributed by atoms with Crippen LogP contribution in [-0.4, -0.2) is 29.8 Å². The van der Waals surface area contributed by atoms with E-state index in [9.17, 15) is 14.0 Å². The van der Waals surface area contributed by atoms with Crippen molar-refractivity contribution in [3.8, 4) is 0 Å². The number of piperazine rings is 1. The summed E-state index contributed by atoms with van der Waals surface area (Å²) in [4.78, 5) is 26.8. The largest absolute Gasteiger partial charge is 0.352 e. The summed E-state index contributed by atoms with van der Waals surface area (Å²) in [6.07, 6.45) is 0. The van der Waals surface area contributed by atoms with E-state index in [2.05, 4.69) is 5.32 Å². The second kappa shape index (κ2) is 6.20. The first kappa shape index (κ1) is 15.2. The van der Waals surface area contributed by atoms with Crippen molar-refractivity contribution in [1.29, 1.82) is 0 Å². The average Bonchev–Trinajstić information content (AvgIpc) is 2.55. The molecule has 2 aromatic carbocycles. The van der Waals surface area contributed by atoms with Gasteiger partial charge in [-0.25, -0.2) is 4.39 Å². The molecule has 1 aliphatic rings. The molecule has 1 fully saturated rings. The van der Waals surface area contributed by atoms with Crippen LogP contribution in [0.15, 0.2) is 48.5 Å². The van der Waals surface area contributed by atoms with E-state index in [1.165, 1.54) is 12.1 Å². The summed E-state index contributed by atoms with van der Waals surface area (Å²) in [7, 11) is 0. The van der Waals surface area contributed by atoms with Gasteiger partial charge >= 0.3 is 0 Å². The number of nitrogens with zero attached hydrogens (tertiary/aromatic N) is 1. The highest BCUT2D eigenvalue weighted by Gasteiger charge is 2.35. The molecule has 0 aliphatic carbocycles. The van der Waals surface area contributed by atoms with Gasteiger partial charge in [-0.3, -0.25) is 9.59 Å². The Hall–Kier alpha value is -2.69. The van der Waals surface area contributed by atoms with Crippen molar-refractivity contribution >= 4 is 11.8 Å². The number of amides is 2. The zero-order valence-electron chi connectivity index (χ0n) is 12.8. The number of carbonyl (C=O) groups is 2. The third-order valence-electron chi connectivity index (χ3n) is 4.03. The van der Waals surface area contributed by atoms with Crippen molar-refractivity contribution in [3.63, 3.8) is 0 Å². The molecule has 2 aromatic rings. The molecule has 0 bridgehead atoms. The Kier molecular flexibility index (Phi) is 4.10. The zero-order chi connectivity index (χ0) is 16.4. The van der Waals surface area contributed by atoms with Crippen LogP contribution in [-0.2, 0) is 4.79 Å². The highest BCUT2D eigenvalue weighted by atomic mass is 19.1. The van der Waals surface area contributed by atoms with Gasteiger partial charge < -0.3 is 10.2 Å². The van der Waals surface area contributed by atoms with Crippen LogP contribution in [0.4, 0.5) is 4.39 Å². The van der Waals surface area contributed by atoms with Gasteiger partial charge in [0.05, 0.1) is 0 Å². The van der Waals surface area contributed by atoms with Crippen LogP contribution in [0.1, 0.15) is 27.5 Å². The first-order valence-electron chi connectivity index (χ1n) is 7.47. The number of hydrogen-bond donors (Lipinski definition) is 1. The first-order valence-corrected chi connectivity index (χ1v) is 7.47. The van der Waals surface area contributed by atoms with E-state index >= 15 is 0 Å². The van der Waals surface area contributed by atoms with Crippen LogP contribution in [0.5, 0.6) is 0 Å². The number of nitrogens with one attached hydrogen (secondary N) is 1. The second-order valence-electron chi connectivity index (χ2n) is 5.56. The smallest absolute Gasteiger partial charge is 0.255 e. The van der Waals surface area contributed by atoms with Gasteiger partial charge in [0.15, 0.2) is 0 Å². The van der Waals surface area contributed by atoms with Gasteiger partial charge in [-0.15, -0.1) is 0 Å². The number of aryl methyl sites for hydroxylation is 1. The fourth-order valence-electron chi connectivity index (χ4n) is 2.83. The number of carbonyl (C=O) groups excluding carboxylic acids is 2. The Bertz CT molecular complexity index is 743. The average molecular weight is 312 g/mol. The fourth-order valence-corrected chi connectivity index (χ4v) is 2.83. The van der Waals surface area contributed by atoms with Crippen molar-refractivity contribution in [1.82, 2.24) is 10.2 Å². The maximum absolute atomic E-state index is 13.1. The van der Waals surface area contributed by atoms with Crippen LogP contribution < -0.4 is 5.32 Å². The van der Waals surface area contributed by atoms with Crippen molar-refractivity contribution in [3.05, 3.63) is 71.0 Å². The van der Waals surface area contributed by atoms with Gasteiger partial charge in [-0.2, -0.15) is 0 Å². The molecule has 3 rings (SSSR count). The van der Waals surface area contributed by atoms with Gasteiger partial charge in [-0.1, -0.05) is 30.3 Å². The summed E-state index contributed by atoms with van der Waals surface area (Å²) >= 11 is 0. The molecule has 0 saturated carbocycles. The molecule has 0 radical (unpaired) electrons. The highest BCUT2D eigenvalue weighted by Crippen LogP contribution is 2.26. The van der Waals surface area contributed by atoms with E-state index in [0.29, 0.717) is 24.2 Å². The molecule has 1 heterocycles. The summed E-state index contributed by atoms with van der Waals surface area (Å²) in [5, 5.41) is 2.77. The molecule has 0 spiro atoms. The molecule has 1 unspecified atom stereocenters. The molecule has 1 saturated heterocycles. The predicted molar refractivity (Wildman–Crippen MR) is 84.4 cm³/mol. The van der Waals surface area contributed by atoms with Crippen LogP contribution >= 0.6 is 0 Å². The fraction of sp³-hybridized carbons (Fsp3) is 0.222. The molecule has 4 nitrogen and oxygen atoms in total. The third kappa shape index (κ3) is 2.95. The molecule has 1 atom stereocenters. The lowest BCUT2D eigenvalue weighted by atomic mass is 10.00. The van der Waals surface area contributed by atoms with Crippen LogP contribution in [0.2, 0.25) is 0 Å².